The van der Waals surface area contributed by atoms with Crippen LogP contribution in [0.25, 0.3) is 0 Å². The fraction of sp³-hybridized carbons (Fsp3) is 0.700. The minimum Gasteiger partial charge on any atom is -0.336 e. The lowest BCUT2D eigenvalue weighted by Gasteiger charge is -2.28. The van der Waals surface area contributed by atoms with Crippen LogP contribution in [0.15, 0.2) is 12.2 Å². The number of hydrogen-bond donors (Lipinski definition) is 0. The van der Waals surface area contributed by atoms with Crippen LogP contribution in [0.4, 0.5) is 0 Å². The van der Waals surface area contributed by atoms with Gasteiger partial charge in [0.25, 0.3) is 0 Å². The number of amides is 1. The van der Waals surface area contributed by atoms with Crippen LogP contribution in [0.5, 0.6) is 0 Å². The summed E-state index contributed by atoms with van der Waals surface area (Å²) in [5.74, 6) is 0.779. The van der Waals surface area contributed by atoms with E-state index >= 15 is 0 Å². The molecule has 0 radical (unpaired) electrons. The molecule has 1 heterocycles. The van der Waals surface area contributed by atoms with Gasteiger partial charge < -0.3 is 4.90 Å². The van der Waals surface area contributed by atoms with Crippen molar-refractivity contribution in [2.45, 2.75) is 31.2 Å². The van der Waals surface area contributed by atoms with Crippen LogP contribution in [0, 0.1) is 5.92 Å². The number of hydrogen-bond acceptors (Lipinski definition) is 1. The maximum atomic E-state index is 11.2. The number of carbonyl (C=O) groups is 1. The van der Waals surface area contributed by atoms with E-state index in [0.29, 0.717) is 12.0 Å². The van der Waals surface area contributed by atoms with E-state index in [-0.39, 0.29) is 11.3 Å². The number of nitrogens with zero attached hydrogens (tertiary/aromatic N) is 1. The van der Waals surface area contributed by atoms with Gasteiger partial charge in [-0.05, 0) is 18.8 Å². The molecule has 13 heavy (non-hydrogen) atoms. The van der Waals surface area contributed by atoms with Crippen LogP contribution in [-0.4, -0.2) is 28.8 Å². The van der Waals surface area contributed by atoms with Gasteiger partial charge in [0.1, 0.15) is 0 Å². The highest BCUT2D eigenvalue weighted by molar-refractivity contribution is 6.21. The third-order valence-corrected chi connectivity index (χ3v) is 3.36. The van der Waals surface area contributed by atoms with Gasteiger partial charge in [-0.25, -0.2) is 0 Å². The largest absolute Gasteiger partial charge is 0.336 e. The molecule has 72 valence electrons. The van der Waals surface area contributed by atoms with Gasteiger partial charge in [0.05, 0.1) is 11.4 Å². The van der Waals surface area contributed by atoms with E-state index in [4.69, 9.17) is 11.6 Å². The Morgan fingerprint density at radius 2 is 2.31 bits per heavy atom. The summed E-state index contributed by atoms with van der Waals surface area (Å²) in [4.78, 5) is 13.2. The molecule has 0 aromatic carbocycles. The van der Waals surface area contributed by atoms with Gasteiger partial charge in [0, 0.05) is 13.5 Å². The molecule has 1 saturated heterocycles. The molecule has 0 unspecified atom stereocenters. The zero-order valence-electron chi connectivity index (χ0n) is 7.74. The summed E-state index contributed by atoms with van der Waals surface area (Å²) >= 11 is 6.02. The molecule has 0 N–H and O–H groups in total. The second kappa shape index (κ2) is 3.33. The Bertz CT molecular complexity index is 251. The third kappa shape index (κ3) is 1.60. The minimum absolute atomic E-state index is 0.174. The first kappa shape index (κ1) is 9.07. The van der Waals surface area contributed by atoms with Crippen molar-refractivity contribution in [1.29, 1.82) is 0 Å². The summed E-state index contributed by atoms with van der Waals surface area (Å²) in [6.07, 6.45) is 6.24. The van der Waals surface area contributed by atoms with Gasteiger partial charge in [-0.15, -0.1) is 11.6 Å². The average molecular weight is 200 g/mol. The number of alkyl halides is 1. The van der Waals surface area contributed by atoms with Gasteiger partial charge in [-0.2, -0.15) is 0 Å². The van der Waals surface area contributed by atoms with Crippen LogP contribution in [-0.2, 0) is 4.79 Å². The highest BCUT2D eigenvalue weighted by Crippen LogP contribution is 2.34. The lowest BCUT2D eigenvalue weighted by molar-refractivity contribution is -0.129. The normalized spacial score (nSPS) is 37.7. The Morgan fingerprint density at radius 3 is 3.00 bits per heavy atom. The van der Waals surface area contributed by atoms with Gasteiger partial charge in [-0.1, -0.05) is 12.2 Å². The van der Waals surface area contributed by atoms with Crippen molar-refractivity contribution in [3.63, 3.8) is 0 Å². The zero-order valence-corrected chi connectivity index (χ0v) is 8.50. The highest BCUT2D eigenvalue weighted by atomic mass is 35.5. The lowest BCUT2D eigenvalue weighted by Crippen LogP contribution is -2.37. The molecule has 0 bridgehead atoms. The molecule has 1 aliphatic carbocycles. The second-order valence-electron chi connectivity index (χ2n) is 3.89. The van der Waals surface area contributed by atoms with Crippen LogP contribution in [0.2, 0.25) is 0 Å². The van der Waals surface area contributed by atoms with Gasteiger partial charge >= 0.3 is 0 Å². The molecule has 0 spiro atoms. The summed E-state index contributed by atoms with van der Waals surface area (Å²) in [5, 5.41) is 0.174. The third-order valence-electron chi connectivity index (χ3n) is 3.03. The monoisotopic (exact) mass is 199 g/mol. The maximum Gasteiger partial charge on any atom is 0.219 e. The molecule has 2 rings (SSSR count). The summed E-state index contributed by atoms with van der Waals surface area (Å²) in [5.41, 5.74) is 0. The van der Waals surface area contributed by atoms with Crippen molar-refractivity contribution in [2.75, 3.05) is 6.54 Å². The zero-order chi connectivity index (χ0) is 9.42. The van der Waals surface area contributed by atoms with Gasteiger partial charge in [0.2, 0.25) is 5.91 Å². The summed E-state index contributed by atoms with van der Waals surface area (Å²) in [6, 6.07) is 0.326. The van der Waals surface area contributed by atoms with Crippen molar-refractivity contribution in [1.82, 2.24) is 4.90 Å². The molecule has 3 heteroatoms. The van der Waals surface area contributed by atoms with E-state index in [1.165, 1.54) is 0 Å². The smallest absolute Gasteiger partial charge is 0.219 e. The Balaban J connectivity index is 2.14. The van der Waals surface area contributed by atoms with E-state index < -0.39 is 0 Å². The van der Waals surface area contributed by atoms with Crippen molar-refractivity contribution in [3.8, 4) is 0 Å². The lowest BCUT2D eigenvalue weighted by atomic mass is 9.90. The predicted molar refractivity (Wildman–Crippen MR) is 52.7 cm³/mol. The average Bonchev–Trinajstić information content (AvgIpc) is 2.46. The summed E-state index contributed by atoms with van der Waals surface area (Å²) < 4.78 is 0. The molecule has 0 saturated carbocycles. The standard InChI is InChI=1S/C10H14ClNO/c1-7(13)12-5-4-8-6-9(11)2-3-10(8)12/h2-3,8-10H,4-6H2,1H3/t8-,9-,10+/m0/s1. The molecule has 2 aliphatic rings. The van der Waals surface area contributed by atoms with Crippen LogP contribution < -0.4 is 0 Å². The molecule has 1 aliphatic heterocycles. The van der Waals surface area contributed by atoms with E-state index in [1.54, 1.807) is 6.92 Å². The van der Waals surface area contributed by atoms with E-state index in [2.05, 4.69) is 6.08 Å². The van der Waals surface area contributed by atoms with Crippen molar-refractivity contribution in [2.24, 2.45) is 5.92 Å². The molecule has 0 aromatic heterocycles. The fourth-order valence-corrected chi connectivity index (χ4v) is 2.68. The van der Waals surface area contributed by atoms with Crippen LogP contribution >= 0.6 is 11.6 Å². The molecule has 3 atom stereocenters. The predicted octanol–water partition coefficient (Wildman–Crippen LogP) is 1.79. The Hall–Kier alpha value is -0.500. The molecule has 1 amide bonds. The molecule has 2 nitrogen and oxygen atoms in total. The molecule has 0 aromatic rings. The second-order valence-corrected chi connectivity index (χ2v) is 4.45. The quantitative estimate of drug-likeness (QED) is 0.430. The summed E-state index contributed by atoms with van der Waals surface area (Å²) in [7, 11) is 0. The minimum atomic E-state index is 0.174. The Labute approximate surface area is 83.5 Å². The van der Waals surface area contributed by atoms with E-state index in [9.17, 15) is 4.79 Å². The number of allylic oxidation sites excluding steroid dienone is 1. The first-order valence-corrected chi connectivity index (χ1v) is 5.21. The number of halogens is 1. The topological polar surface area (TPSA) is 20.3 Å². The Kier molecular flexibility index (Phi) is 2.33. The first-order valence-electron chi connectivity index (χ1n) is 4.78. The van der Waals surface area contributed by atoms with Crippen LogP contribution in [0.1, 0.15) is 19.8 Å². The van der Waals surface area contributed by atoms with Gasteiger partial charge in [-0.3, -0.25) is 4.79 Å². The van der Waals surface area contributed by atoms with Crippen molar-refractivity contribution in [3.05, 3.63) is 12.2 Å². The van der Waals surface area contributed by atoms with E-state index in [0.717, 1.165) is 19.4 Å². The highest BCUT2D eigenvalue weighted by Gasteiger charge is 2.36. The van der Waals surface area contributed by atoms with E-state index in [1.807, 2.05) is 11.0 Å². The van der Waals surface area contributed by atoms with Crippen molar-refractivity contribution >= 4 is 17.5 Å². The SMILES string of the molecule is CC(=O)N1CC[C@H]2C[C@@H](Cl)C=C[C@H]21. The number of carbonyl (C=O) groups excluding carboxylic acids is 1. The summed E-state index contributed by atoms with van der Waals surface area (Å²) in [6.45, 7) is 2.54. The van der Waals surface area contributed by atoms with Crippen molar-refractivity contribution < 1.29 is 4.79 Å². The molecular formula is C10H14ClNO. The number of likely N-dealkylation sites (tertiary alicyclic amines) is 1. The number of rotatable bonds is 0. The molecule has 1 fully saturated rings. The Morgan fingerprint density at radius 1 is 1.54 bits per heavy atom. The maximum absolute atomic E-state index is 11.2. The van der Waals surface area contributed by atoms with Crippen LogP contribution in [0.3, 0.4) is 0 Å². The number of fused-ring (bicyclic) bond motifs is 1. The molecular weight excluding hydrogens is 186 g/mol. The first-order chi connectivity index (χ1) is 6.18. The fourth-order valence-electron chi connectivity index (χ4n) is 2.37. The van der Waals surface area contributed by atoms with Gasteiger partial charge in [0.15, 0.2) is 0 Å².